The van der Waals surface area contributed by atoms with E-state index < -0.39 is 0 Å². The number of nitrogens with zero attached hydrogens (tertiary/aromatic N) is 2. The summed E-state index contributed by atoms with van der Waals surface area (Å²) in [6.07, 6.45) is 2.26. The van der Waals surface area contributed by atoms with Gasteiger partial charge in [0.05, 0.1) is 5.52 Å². The molecule has 0 bridgehead atoms. The number of anilines is 1. The Balaban J connectivity index is 1.30. The number of amides is 1. The van der Waals surface area contributed by atoms with E-state index >= 15 is 0 Å². The van der Waals surface area contributed by atoms with Gasteiger partial charge in [0.1, 0.15) is 0 Å². The van der Waals surface area contributed by atoms with E-state index in [1.807, 2.05) is 19.9 Å². The highest BCUT2D eigenvalue weighted by Crippen LogP contribution is 2.32. The van der Waals surface area contributed by atoms with Crippen LogP contribution in [-0.2, 0) is 11.3 Å². The Morgan fingerprint density at radius 3 is 2.43 bits per heavy atom. The highest BCUT2D eigenvalue weighted by molar-refractivity contribution is 5.92. The molecule has 4 aromatic rings. The third-order valence-corrected chi connectivity index (χ3v) is 7.20. The molecule has 0 saturated carbocycles. The molecule has 4 heteroatoms. The van der Waals surface area contributed by atoms with Gasteiger partial charge in [0.15, 0.2) is 0 Å². The summed E-state index contributed by atoms with van der Waals surface area (Å²) in [6.45, 7) is 9.07. The van der Waals surface area contributed by atoms with Crippen molar-refractivity contribution in [2.45, 2.75) is 46.1 Å². The molecule has 0 aliphatic carbocycles. The summed E-state index contributed by atoms with van der Waals surface area (Å²) in [4.78, 5) is 14.7. The van der Waals surface area contributed by atoms with Crippen LogP contribution in [-0.4, -0.2) is 28.5 Å². The van der Waals surface area contributed by atoms with Crippen LogP contribution in [0.25, 0.3) is 16.6 Å². The Labute approximate surface area is 208 Å². The zero-order valence-corrected chi connectivity index (χ0v) is 21.0. The minimum atomic E-state index is -0.0163. The molecule has 0 spiro atoms. The fourth-order valence-corrected chi connectivity index (χ4v) is 5.14. The van der Waals surface area contributed by atoms with E-state index in [1.165, 1.54) is 33.4 Å². The maximum atomic E-state index is 12.1. The van der Waals surface area contributed by atoms with E-state index in [1.54, 1.807) is 0 Å². The summed E-state index contributed by atoms with van der Waals surface area (Å²) in [5.41, 5.74) is 7.35. The van der Waals surface area contributed by atoms with Crippen molar-refractivity contribution in [3.05, 3.63) is 95.7 Å². The molecule has 5 rings (SSSR count). The van der Waals surface area contributed by atoms with Gasteiger partial charge in [-0.3, -0.25) is 9.69 Å². The van der Waals surface area contributed by atoms with Gasteiger partial charge in [0, 0.05) is 34.9 Å². The van der Waals surface area contributed by atoms with E-state index in [-0.39, 0.29) is 11.8 Å². The van der Waals surface area contributed by atoms with Crippen LogP contribution < -0.4 is 5.32 Å². The zero-order chi connectivity index (χ0) is 24.4. The summed E-state index contributed by atoms with van der Waals surface area (Å²) in [7, 11) is 0. The lowest BCUT2D eigenvalue weighted by atomic mass is 9.89. The fraction of sp³-hybridized carbons (Fsp3) is 0.323. The van der Waals surface area contributed by atoms with E-state index in [9.17, 15) is 4.79 Å². The Morgan fingerprint density at radius 1 is 0.943 bits per heavy atom. The van der Waals surface area contributed by atoms with E-state index in [4.69, 9.17) is 0 Å². The number of likely N-dealkylation sites (tertiary alicyclic amines) is 1. The maximum absolute atomic E-state index is 12.1. The average Bonchev–Trinajstić information content (AvgIpc) is 3.23. The van der Waals surface area contributed by atoms with Crippen LogP contribution in [0.4, 0.5) is 5.69 Å². The number of hydrogen-bond acceptors (Lipinski definition) is 2. The van der Waals surface area contributed by atoms with Gasteiger partial charge in [-0.2, -0.15) is 0 Å². The smallest absolute Gasteiger partial charge is 0.226 e. The van der Waals surface area contributed by atoms with Crippen molar-refractivity contribution < 1.29 is 4.79 Å². The third-order valence-electron chi connectivity index (χ3n) is 7.20. The molecule has 1 amide bonds. The molecule has 0 unspecified atom stereocenters. The highest BCUT2D eigenvalue weighted by Gasteiger charge is 2.23. The van der Waals surface area contributed by atoms with Gasteiger partial charge in [0.2, 0.25) is 5.91 Å². The van der Waals surface area contributed by atoms with Crippen molar-refractivity contribution in [2.75, 3.05) is 18.4 Å². The predicted molar refractivity (Wildman–Crippen MR) is 145 cm³/mol. The monoisotopic (exact) mass is 465 g/mol. The first-order valence-corrected chi connectivity index (χ1v) is 12.8. The van der Waals surface area contributed by atoms with Crippen LogP contribution in [0.15, 0.2) is 78.9 Å². The van der Waals surface area contributed by atoms with Crippen LogP contribution in [0.2, 0.25) is 0 Å². The van der Waals surface area contributed by atoms with Crippen molar-refractivity contribution in [1.29, 1.82) is 0 Å². The van der Waals surface area contributed by atoms with Gasteiger partial charge in [-0.1, -0.05) is 61.9 Å². The first-order valence-electron chi connectivity index (χ1n) is 12.8. The van der Waals surface area contributed by atoms with E-state index in [0.717, 1.165) is 38.2 Å². The second kappa shape index (κ2) is 10.1. The summed E-state index contributed by atoms with van der Waals surface area (Å²) < 4.78 is 2.42. The topological polar surface area (TPSA) is 37.3 Å². The molecule has 1 saturated heterocycles. The summed E-state index contributed by atoms with van der Waals surface area (Å²) in [5.74, 6) is 0.587. The number of para-hydroxylation sites is 1. The Morgan fingerprint density at radius 2 is 1.69 bits per heavy atom. The first kappa shape index (κ1) is 23.4. The minimum Gasteiger partial charge on any atom is -0.326 e. The van der Waals surface area contributed by atoms with Gasteiger partial charge in [-0.15, -0.1) is 0 Å². The van der Waals surface area contributed by atoms with Gasteiger partial charge < -0.3 is 9.88 Å². The quantitative estimate of drug-likeness (QED) is 0.336. The lowest BCUT2D eigenvalue weighted by molar-refractivity contribution is -0.118. The number of rotatable bonds is 6. The van der Waals surface area contributed by atoms with Crippen LogP contribution in [0, 0.1) is 12.8 Å². The van der Waals surface area contributed by atoms with Crippen LogP contribution >= 0.6 is 0 Å². The van der Waals surface area contributed by atoms with Crippen molar-refractivity contribution in [3.63, 3.8) is 0 Å². The lowest BCUT2D eigenvalue weighted by Crippen LogP contribution is -2.33. The van der Waals surface area contributed by atoms with Gasteiger partial charge in [-0.05, 0) is 80.7 Å². The molecular weight excluding hydrogens is 430 g/mol. The standard InChI is InChI=1S/C31H35N3O/c1-22(2)31(35)32-27-9-6-8-25(19-27)24-15-17-33(18-16-24)21-29-20-26-7-4-5-10-30(26)34(29)28-13-11-23(3)12-14-28/h4-14,19-20,22,24H,15-18,21H2,1-3H3,(H,32,35). The van der Waals surface area contributed by atoms with Gasteiger partial charge >= 0.3 is 0 Å². The second-order valence-corrected chi connectivity index (χ2v) is 10.2. The molecule has 35 heavy (non-hydrogen) atoms. The summed E-state index contributed by atoms with van der Waals surface area (Å²) >= 11 is 0. The number of piperidine rings is 1. The van der Waals surface area contributed by atoms with Crippen molar-refractivity contribution in [2.24, 2.45) is 5.92 Å². The number of aromatic nitrogens is 1. The number of fused-ring (bicyclic) bond motifs is 1. The molecule has 3 aromatic carbocycles. The third kappa shape index (κ3) is 5.18. The van der Waals surface area contributed by atoms with Crippen molar-refractivity contribution in [3.8, 4) is 5.69 Å². The van der Waals surface area contributed by atoms with Crippen LogP contribution in [0.3, 0.4) is 0 Å². The molecule has 1 fully saturated rings. The average molecular weight is 466 g/mol. The fourth-order valence-electron chi connectivity index (χ4n) is 5.14. The molecule has 1 aliphatic heterocycles. The molecule has 180 valence electrons. The molecule has 0 radical (unpaired) electrons. The lowest BCUT2D eigenvalue weighted by Gasteiger charge is -2.32. The molecular formula is C31H35N3O. The van der Waals surface area contributed by atoms with Crippen molar-refractivity contribution >= 4 is 22.5 Å². The minimum absolute atomic E-state index is 0.0163. The largest absolute Gasteiger partial charge is 0.326 e. The second-order valence-electron chi connectivity index (χ2n) is 10.2. The predicted octanol–water partition coefficient (Wildman–Crippen LogP) is 6.91. The number of carbonyl (C=O) groups is 1. The molecule has 1 aliphatic rings. The zero-order valence-electron chi connectivity index (χ0n) is 21.0. The number of nitrogens with one attached hydrogen (secondary N) is 1. The maximum Gasteiger partial charge on any atom is 0.226 e. The highest BCUT2D eigenvalue weighted by atomic mass is 16.1. The van der Waals surface area contributed by atoms with Crippen LogP contribution in [0.5, 0.6) is 0 Å². The summed E-state index contributed by atoms with van der Waals surface area (Å²) in [5, 5.41) is 4.34. The molecule has 1 aromatic heterocycles. The molecule has 1 N–H and O–H groups in total. The first-order chi connectivity index (χ1) is 17.0. The van der Waals surface area contributed by atoms with E-state index in [2.05, 4.69) is 94.5 Å². The summed E-state index contributed by atoms with van der Waals surface area (Å²) in [6, 6.07) is 28.3. The normalized spacial score (nSPS) is 15.1. The van der Waals surface area contributed by atoms with Gasteiger partial charge in [-0.25, -0.2) is 0 Å². The Kier molecular flexibility index (Phi) is 6.74. The van der Waals surface area contributed by atoms with E-state index in [0.29, 0.717) is 5.92 Å². The number of carbonyl (C=O) groups excluding carboxylic acids is 1. The molecule has 4 nitrogen and oxygen atoms in total. The van der Waals surface area contributed by atoms with Gasteiger partial charge in [0.25, 0.3) is 0 Å². The molecule has 0 atom stereocenters. The molecule has 2 heterocycles. The van der Waals surface area contributed by atoms with Crippen LogP contribution in [0.1, 0.15) is 49.4 Å². The number of aryl methyl sites for hydroxylation is 1. The Hall–Kier alpha value is -3.37. The number of benzene rings is 3. The Bertz CT molecular complexity index is 1310. The van der Waals surface area contributed by atoms with Crippen molar-refractivity contribution in [1.82, 2.24) is 9.47 Å². The number of hydrogen-bond donors (Lipinski definition) is 1. The SMILES string of the molecule is Cc1ccc(-n2c(CN3CCC(c4cccc(NC(=O)C(C)C)c4)CC3)cc3ccccc32)cc1.